The molecule has 0 aromatic rings. The zero-order valence-corrected chi connectivity index (χ0v) is 10.1. The molecule has 92 valence electrons. The van der Waals surface area contributed by atoms with Gasteiger partial charge in [-0.05, 0) is 45.1 Å². The molecule has 2 fully saturated rings. The smallest absolute Gasteiger partial charge is 0.254 e. The number of ether oxygens (including phenoxy) is 1. The summed E-state index contributed by atoms with van der Waals surface area (Å²) in [4.78, 5) is 14.3. The van der Waals surface area contributed by atoms with Gasteiger partial charge >= 0.3 is 0 Å². The maximum atomic E-state index is 12.3. The van der Waals surface area contributed by atoms with Gasteiger partial charge in [-0.25, -0.2) is 0 Å². The summed E-state index contributed by atoms with van der Waals surface area (Å²) in [7, 11) is 0. The van der Waals surface area contributed by atoms with Crippen LogP contribution in [0.5, 0.6) is 0 Å². The topological polar surface area (TPSA) is 55.6 Å². The first-order valence-electron chi connectivity index (χ1n) is 6.29. The fraction of sp³-hybridized carbons (Fsp3) is 0.917. The van der Waals surface area contributed by atoms with E-state index < -0.39 is 5.60 Å². The van der Waals surface area contributed by atoms with E-state index in [2.05, 4.69) is 0 Å². The van der Waals surface area contributed by atoms with E-state index in [9.17, 15) is 4.79 Å². The molecule has 2 aliphatic rings. The Morgan fingerprint density at radius 1 is 1.62 bits per heavy atom. The summed E-state index contributed by atoms with van der Waals surface area (Å²) in [6.07, 6.45) is 3.99. The van der Waals surface area contributed by atoms with Crippen LogP contribution < -0.4 is 5.73 Å². The Morgan fingerprint density at radius 2 is 2.44 bits per heavy atom. The number of carbonyl (C=O) groups is 1. The highest BCUT2D eigenvalue weighted by atomic mass is 16.5. The molecule has 16 heavy (non-hydrogen) atoms. The monoisotopic (exact) mass is 226 g/mol. The number of likely N-dealkylation sites (tertiary alicyclic amines) is 1. The molecule has 2 saturated heterocycles. The second-order valence-corrected chi connectivity index (χ2v) is 5.17. The van der Waals surface area contributed by atoms with Crippen LogP contribution in [0.3, 0.4) is 0 Å². The van der Waals surface area contributed by atoms with Gasteiger partial charge in [0, 0.05) is 19.7 Å². The van der Waals surface area contributed by atoms with Crippen LogP contribution in [-0.4, -0.2) is 42.6 Å². The molecule has 0 aromatic carbocycles. The molecule has 2 unspecified atom stereocenters. The molecule has 0 radical (unpaired) electrons. The number of hydrogen-bond acceptors (Lipinski definition) is 3. The number of nitrogens with two attached hydrogens (primary N) is 1. The van der Waals surface area contributed by atoms with Gasteiger partial charge in [0.15, 0.2) is 0 Å². The minimum atomic E-state index is -0.544. The molecule has 1 amide bonds. The number of amides is 1. The minimum absolute atomic E-state index is 0.185. The fourth-order valence-electron chi connectivity index (χ4n) is 2.77. The van der Waals surface area contributed by atoms with Crippen LogP contribution in [0.25, 0.3) is 0 Å². The zero-order valence-electron chi connectivity index (χ0n) is 10.1. The van der Waals surface area contributed by atoms with Gasteiger partial charge in [-0.3, -0.25) is 4.79 Å². The third-order valence-corrected chi connectivity index (χ3v) is 3.82. The van der Waals surface area contributed by atoms with Crippen molar-refractivity contribution in [2.45, 2.75) is 38.2 Å². The van der Waals surface area contributed by atoms with Gasteiger partial charge in [0.05, 0.1) is 0 Å². The minimum Gasteiger partial charge on any atom is -0.365 e. The molecule has 0 aliphatic carbocycles. The quantitative estimate of drug-likeness (QED) is 0.772. The molecule has 2 atom stereocenters. The van der Waals surface area contributed by atoms with Crippen LogP contribution in [0.2, 0.25) is 0 Å². The second-order valence-electron chi connectivity index (χ2n) is 5.17. The number of nitrogens with zero attached hydrogens (tertiary/aromatic N) is 1. The fourth-order valence-corrected chi connectivity index (χ4v) is 2.77. The predicted molar refractivity (Wildman–Crippen MR) is 61.9 cm³/mol. The van der Waals surface area contributed by atoms with Gasteiger partial charge in [0.2, 0.25) is 0 Å². The predicted octanol–water partition coefficient (Wildman–Crippen LogP) is 0.753. The van der Waals surface area contributed by atoms with E-state index in [1.807, 2.05) is 11.8 Å². The summed E-state index contributed by atoms with van der Waals surface area (Å²) in [5.41, 5.74) is 5.01. The normalized spacial score (nSPS) is 34.6. The van der Waals surface area contributed by atoms with Gasteiger partial charge in [0.25, 0.3) is 5.91 Å². The third-order valence-electron chi connectivity index (χ3n) is 3.82. The summed E-state index contributed by atoms with van der Waals surface area (Å²) in [5, 5.41) is 0. The Bertz CT molecular complexity index is 262. The summed E-state index contributed by atoms with van der Waals surface area (Å²) in [6, 6.07) is 0. The summed E-state index contributed by atoms with van der Waals surface area (Å²) >= 11 is 0. The van der Waals surface area contributed by atoms with Crippen molar-refractivity contribution in [3.8, 4) is 0 Å². The van der Waals surface area contributed by atoms with Gasteiger partial charge in [-0.15, -0.1) is 0 Å². The first-order chi connectivity index (χ1) is 7.65. The summed E-state index contributed by atoms with van der Waals surface area (Å²) in [5.74, 6) is 0.781. The number of rotatable bonds is 3. The van der Waals surface area contributed by atoms with Crippen LogP contribution >= 0.6 is 0 Å². The summed E-state index contributed by atoms with van der Waals surface area (Å²) < 4.78 is 5.59. The zero-order chi connectivity index (χ0) is 11.6. The van der Waals surface area contributed by atoms with Crippen LogP contribution in [0.1, 0.15) is 32.6 Å². The lowest BCUT2D eigenvalue weighted by Gasteiger charge is -2.28. The van der Waals surface area contributed by atoms with Crippen LogP contribution in [0.4, 0.5) is 0 Å². The Morgan fingerprint density at radius 3 is 3.06 bits per heavy atom. The molecule has 2 N–H and O–H groups in total. The van der Waals surface area contributed by atoms with Gasteiger partial charge in [-0.1, -0.05) is 0 Å². The number of carbonyl (C=O) groups excluding carboxylic acids is 1. The van der Waals surface area contributed by atoms with Gasteiger partial charge in [0.1, 0.15) is 5.60 Å². The van der Waals surface area contributed by atoms with Crippen molar-refractivity contribution in [1.29, 1.82) is 0 Å². The molecule has 2 aliphatic heterocycles. The Kier molecular flexibility index (Phi) is 3.50. The van der Waals surface area contributed by atoms with Crippen molar-refractivity contribution in [3.05, 3.63) is 0 Å². The largest absolute Gasteiger partial charge is 0.365 e. The van der Waals surface area contributed by atoms with E-state index >= 15 is 0 Å². The average molecular weight is 226 g/mol. The van der Waals surface area contributed by atoms with E-state index in [1.165, 1.54) is 0 Å². The van der Waals surface area contributed by atoms with Crippen LogP contribution in [-0.2, 0) is 9.53 Å². The van der Waals surface area contributed by atoms with Gasteiger partial charge < -0.3 is 15.4 Å². The van der Waals surface area contributed by atoms with Crippen molar-refractivity contribution < 1.29 is 9.53 Å². The molecule has 0 bridgehead atoms. The highest BCUT2D eigenvalue weighted by Gasteiger charge is 2.42. The van der Waals surface area contributed by atoms with Crippen molar-refractivity contribution in [3.63, 3.8) is 0 Å². The lowest BCUT2D eigenvalue weighted by atomic mass is 10.0. The van der Waals surface area contributed by atoms with Crippen molar-refractivity contribution in [1.82, 2.24) is 4.90 Å². The molecule has 0 saturated carbocycles. The standard InChI is InChI=1S/C12H22N2O2/c1-12(5-2-8-16-12)11(15)14-7-4-10(9-14)3-6-13/h10H,2-9,13H2,1H3. The Labute approximate surface area is 97.1 Å². The molecule has 2 rings (SSSR count). The molecule has 4 heteroatoms. The first kappa shape index (κ1) is 11.9. The molecule has 0 aromatic heterocycles. The molecule has 2 heterocycles. The molecule has 4 nitrogen and oxygen atoms in total. The highest BCUT2D eigenvalue weighted by molar-refractivity contribution is 5.85. The van der Waals surface area contributed by atoms with Crippen molar-refractivity contribution >= 4 is 5.91 Å². The first-order valence-corrected chi connectivity index (χ1v) is 6.29. The Balaban J connectivity index is 1.91. The van der Waals surface area contributed by atoms with E-state index in [-0.39, 0.29) is 5.91 Å². The third kappa shape index (κ3) is 2.23. The molecule has 0 spiro atoms. The van der Waals surface area contributed by atoms with E-state index in [4.69, 9.17) is 10.5 Å². The van der Waals surface area contributed by atoms with E-state index in [1.54, 1.807) is 0 Å². The maximum Gasteiger partial charge on any atom is 0.254 e. The SMILES string of the molecule is CC1(C(=O)N2CCC(CCN)C2)CCCO1. The number of hydrogen-bond donors (Lipinski definition) is 1. The lowest BCUT2D eigenvalue weighted by molar-refractivity contribution is -0.150. The van der Waals surface area contributed by atoms with E-state index in [0.717, 1.165) is 51.9 Å². The van der Waals surface area contributed by atoms with Crippen molar-refractivity contribution in [2.75, 3.05) is 26.2 Å². The second kappa shape index (κ2) is 4.72. The van der Waals surface area contributed by atoms with Crippen LogP contribution in [0.15, 0.2) is 0 Å². The Hall–Kier alpha value is -0.610. The summed E-state index contributed by atoms with van der Waals surface area (Å²) in [6.45, 7) is 5.12. The molecular formula is C12H22N2O2. The van der Waals surface area contributed by atoms with Crippen molar-refractivity contribution in [2.24, 2.45) is 11.7 Å². The average Bonchev–Trinajstić information content (AvgIpc) is 2.88. The van der Waals surface area contributed by atoms with E-state index in [0.29, 0.717) is 5.92 Å². The van der Waals surface area contributed by atoms with Gasteiger partial charge in [-0.2, -0.15) is 0 Å². The maximum absolute atomic E-state index is 12.3. The lowest BCUT2D eigenvalue weighted by Crippen LogP contribution is -2.45. The van der Waals surface area contributed by atoms with Crippen LogP contribution in [0, 0.1) is 5.92 Å². The highest BCUT2D eigenvalue weighted by Crippen LogP contribution is 2.30. The molecular weight excluding hydrogens is 204 g/mol.